The van der Waals surface area contributed by atoms with Crippen LogP contribution in [0.25, 0.3) is 0 Å². The van der Waals surface area contributed by atoms with Crippen molar-refractivity contribution in [1.29, 1.82) is 0 Å². The van der Waals surface area contributed by atoms with Crippen LogP contribution in [0.4, 0.5) is 0 Å². The van der Waals surface area contributed by atoms with Gasteiger partial charge in [-0.2, -0.15) is 0 Å². The third-order valence-corrected chi connectivity index (χ3v) is 2.48. The number of pyridine rings is 1. The fourth-order valence-corrected chi connectivity index (χ4v) is 1.68. The summed E-state index contributed by atoms with van der Waals surface area (Å²) < 4.78 is 5.73. The second-order valence-electron chi connectivity index (χ2n) is 3.96. The van der Waals surface area contributed by atoms with Gasteiger partial charge in [0.1, 0.15) is 6.10 Å². The summed E-state index contributed by atoms with van der Waals surface area (Å²) in [7, 11) is 0. The zero-order chi connectivity index (χ0) is 9.97. The quantitative estimate of drug-likeness (QED) is 0.771. The van der Waals surface area contributed by atoms with Gasteiger partial charge in [-0.25, -0.2) is 4.98 Å². The van der Waals surface area contributed by atoms with Crippen LogP contribution in [0, 0.1) is 6.92 Å². The molecule has 2 heterocycles. The molecule has 1 N–H and O–H groups in total. The maximum atomic E-state index is 5.73. The lowest BCUT2D eigenvalue weighted by molar-refractivity contribution is 0.211. The Bertz CT molecular complexity index is 297. The number of aromatic nitrogens is 1. The van der Waals surface area contributed by atoms with Crippen LogP contribution in [0.1, 0.15) is 18.9 Å². The summed E-state index contributed by atoms with van der Waals surface area (Å²) in [6.07, 6.45) is 3.18. The number of ether oxygens (including phenoxy) is 1. The molecular weight excluding hydrogens is 176 g/mol. The summed E-state index contributed by atoms with van der Waals surface area (Å²) in [5.74, 6) is 0.733. The van der Waals surface area contributed by atoms with Crippen molar-refractivity contribution in [2.75, 3.05) is 6.54 Å². The number of hydrogen-bond donors (Lipinski definition) is 1. The van der Waals surface area contributed by atoms with Crippen molar-refractivity contribution in [3.05, 3.63) is 23.9 Å². The largest absolute Gasteiger partial charge is 0.473 e. The molecule has 2 atom stereocenters. The monoisotopic (exact) mass is 192 g/mol. The number of nitrogens with one attached hydrogen (secondary N) is 1. The maximum absolute atomic E-state index is 5.73. The van der Waals surface area contributed by atoms with Gasteiger partial charge in [-0.15, -0.1) is 0 Å². The first-order valence-corrected chi connectivity index (χ1v) is 5.07. The Morgan fingerprint density at radius 1 is 1.50 bits per heavy atom. The van der Waals surface area contributed by atoms with Gasteiger partial charge in [0.25, 0.3) is 0 Å². The normalized spacial score (nSPS) is 26.4. The standard InChI is InChI=1S/C11H16N2O/c1-8-3-4-11(13-6-8)14-10-5-9(2)12-7-10/h3-4,6,9-10,12H,5,7H2,1-2H3/t9-,10+/m0/s1. The average molecular weight is 192 g/mol. The number of nitrogens with zero attached hydrogens (tertiary/aromatic N) is 1. The van der Waals surface area contributed by atoms with E-state index in [0.717, 1.165) is 24.4 Å². The molecule has 2 rings (SSSR count). The number of rotatable bonds is 2. The summed E-state index contributed by atoms with van der Waals surface area (Å²) in [4.78, 5) is 4.22. The molecule has 1 aromatic rings. The fraction of sp³-hybridized carbons (Fsp3) is 0.545. The molecule has 76 valence electrons. The summed E-state index contributed by atoms with van der Waals surface area (Å²) in [6.45, 7) is 5.12. The molecule has 0 saturated carbocycles. The third kappa shape index (κ3) is 2.23. The molecule has 3 nitrogen and oxygen atoms in total. The highest BCUT2D eigenvalue weighted by Gasteiger charge is 2.22. The van der Waals surface area contributed by atoms with E-state index in [1.165, 1.54) is 0 Å². The van der Waals surface area contributed by atoms with Crippen LogP contribution in [-0.4, -0.2) is 23.7 Å². The summed E-state index contributed by atoms with van der Waals surface area (Å²) in [5.41, 5.74) is 1.16. The molecule has 0 aromatic carbocycles. The van der Waals surface area contributed by atoms with Gasteiger partial charge >= 0.3 is 0 Å². The van der Waals surface area contributed by atoms with Crippen LogP contribution < -0.4 is 10.1 Å². The van der Waals surface area contributed by atoms with Crippen molar-refractivity contribution in [2.24, 2.45) is 0 Å². The summed E-state index contributed by atoms with van der Waals surface area (Å²) >= 11 is 0. The van der Waals surface area contributed by atoms with E-state index in [-0.39, 0.29) is 6.10 Å². The van der Waals surface area contributed by atoms with Crippen LogP contribution in [0.3, 0.4) is 0 Å². The molecule has 1 aliphatic rings. The molecule has 14 heavy (non-hydrogen) atoms. The van der Waals surface area contributed by atoms with E-state index in [2.05, 4.69) is 17.2 Å². The lowest BCUT2D eigenvalue weighted by atomic mass is 10.2. The first kappa shape index (κ1) is 9.46. The fourth-order valence-electron chi connectivity index (χ4n) is 1.68. The highest BCUT2D eigenvalue weighted by molar-refractivity contribution is 5.16. The molecule has 1 saturated heterocycles. The molecule has 0 spiro atoms. The van der Waals surface area contributed by atoms with Gasteiger partial charge in [-0.05, 0) is 19.4 Å². The Labute approximate surface area is 84.5 Å². The van der Waals surface area contributed by atoms with Crippen molar-refractivity contribution >= 4 is 0 Å². The second-order valence-corrected chi connectivity index (χ2v) is 3.96. The van der Waals surface area contributed by atoms with Gasteiger partial charge in [0.2, 0.25) is 5.88 Å². The Hall–Kier alpha value is -1.09. The Kier molecular flexibility index (Phi) is 2.68. The van der Waals surface area contributed by atoms with Crippen molar-refractivity contribution < 1.29 is 4.74 Å². The minimum Gasteiger partial charge on any atom is -0.473 e. The van der Waals surface area contributed by atoms with Crippen LogP contribution in [0.5, 0.6) is 5.88 Å². The molecule has 0 amide bonds. The summed E-state index contributed by atoms with van der Waals surface area (Å²) in [6, 6.07) is 4.51. The van der Waals surface area contributed by atoms with E-state index < -0.39 is 0 Å². The zero-order valence-corrected chi connectivity index (χ0v) is 8.66. The van der Waals surface area contributed by atoms with Gasteiger partial charge in [-0.3, -0.25) is 0 Å². The van der Waals surface area contributed by atoms with E-state index in [1.54, 1.807) is 0 Å². The van der Waals surface area contributed by atoms with E-state index in [4.69, 9.17) is 4.74 Å². The van der Waals surface area contributed by atoms with Gasteiger partial charge in [0.05, 0.1) is 0 Å². The van der Waals surface area contributed by atoms with Crippen molar-refractivity contribution in [2.45, 2.75) is 32.4 Å². The van der Waals surface area contributed by atoms with E-state index in [1.807, 2.05) is 25.3 Å². The van der Waals surface area contributed by atoms with Crippen molar-refractivity contribution in [3.8, 4) is 5.88 Å². The smallest absolute Gasteiger partial charge is 0.213 e. The topological polar surface area (TPSA) is 34.1 Å². The van der Waals surface area contributed by atoms with Crippen molar-refractivity contribution in [1.82, 2.24) is 10.3 Å². The highest BCUT2D eigenvalue weighted by atomic mass is 16.5. The first-order valence-electron chi connectivity index (χ1n) is 5.07. The Morgan fingerprint density at radius 2 is 2.36 bits per heavy atom. The van der Waals surface area contributed by atoms with Crippen LogP contribution >= 0.6 is 0 Å². The molecule has 0 aliphatic carbocycles. The molecule has 1 fully saturated rings. The van der Waals surface area contributed by atoms with Crippen molar-refractivity contribution in [3.63, 3.8) is 0 Å². The van der Waals surface area contributed by atoms with Gasteiger partial charge < -0.3 is 10.1 Å². The molecule has 0 radical (unpaired) electrons. The summed E-state index contributed by atoms with van der Waals surface area (Å²) in [5, 5.41) is 3.35. The lowest BCUT2D eigenvalue weighted by Crippen LogP contribution is -2.20. The predicted octanol–water partition coefficient (Wildman–Crippen LogP) is 1.52. The molecule has 3 heteroatoms. The highest BCUT2D eigenvalue weighted by Crippen LogP contribution is 2.14. The van der Waals surface area contributed by atoms with Crippen LogP contribution in [-0.2, 0) is 0 Å². The Balaban J connectivity index is 1.94. The lowest BCUT2D eigenvalue weighted by Gasteiger charge is -2.11. The first-order chi connectivity index (χ1) is 6.74. The minimum absolute atomic E-state index is 0.278. The second kappa shape index (κ2) is 3.96. The third-order valence-electron chi connectivity index (χ3n) is 2.48. The number of aryl methyl sites for hydroxylation is 1. The Morgan fingerprint density at radius 3 is 2.93 bits per heavy atom. The zero-order valence-electron chi connectivity index (χ0n) is 8.66. The van der Waals surface area contributed by atoms with Gasteiger partial charge in [-0.1, -0.05) is 6.07 Å². The van der Waals surface area contributed by atoms with Gasteiger partial charge in [0, 0.05) is 31.3 Å². The van der Waals surface area contributed by atoms with Gasteiger partial charge in [0.15, 0.2) is 0 Å². The average Bonchev–Trinajstić information content (AvgIpc) is 2.56. The maximum Gasteiger partial charge on any atom is 0.213 e. The van der Waals surface area contributed by atoms with E-state index in [0.29, 0.717) is 6.04 Å². The molecular formula is C11H16N2O. The predicted molar refractivity (Wildman–Crippen MR) is 55.5 cm³/mol. The molecule has 0 unspecified atom stereocenters. The molecule has 1 aliphatic heterocycles. The van der Waals surface area contributed by atoms with E-state index >= 15 is 0 Å². The van der Waals surface area contributed by atoms with E-state index in [9.17, 15) is 0 Å². The van der Waals surface area contributed by atoms with Crippen LogP contribution in [0.2, 0.25) is 0 Å². The molecule has 0 bridgehead atoms. The minimum atomic E-state index is 0.278. The SMILES string of the molecule is Cc1ccc(O[C@H]2CN[C@@H](C)C2)nc1. The molecule has 1 aromatic heterocycles. The number of hydrogen-bond acceptors (Lipinski definition) is 3. The van der Waals surface area contributed by atoms with Crippen LogP contribution in [0.15, 0.2) is 18.3 Å².